The summed E-state index contributed by atoms with van der Waals surface area (Å²) in [5.41, 5.74) is 20.8. The van der Waals surface area contributed by atoms with Gasteiger partial charge >= 0.3 is 0 Å². The van der Waals surface area contributed by atoms with Crippen LogP contribution in [0.25, 0.3) is 72.0 Å². The first kappa shape index (κ1) is 37.9. The van der Waals surface area contributed by atoms with E-state index in [-0.39, 0.29) is 5.41 Å². The zero-order valence-electron chi connectivity index (χ0n) is 37.0. The van der Waals surface area contributed by atoms with Gasteiger partial charge in [0, 0.05) is 38.9 Å². The number of anilines is 3. The first-order valence-corrected chi connectivity index (χ1v) is 24.2. The van der Waals surface area contributed by atoms with E-state index in [9.17, 15) is 0 Å². The molecule has 4 bridgehead atoms. The molecule has 2 nitrogen and oxygen atoms in total. The van der Waals surface area contributed by atoms with Crippen molar-refractivity contribution in [2.24, 2.45) is 23.7 Å². The number of rotatable bonds is 7. The number of nitrogens with zero attached hydrogens (tertiary/aromatic N) is 2. The summed E-state index contributed by atoms with van der Waals surface area (Å²) >= 11 is 0. The van der Waals surface area contributed by atoms with Crippen molar-refractivity contribution in [3.63, 3.8) is 0 Å². The Bertz CT molecular complexity index is 3440. The van der Waals surface area contributed by atoms with Crippen molar-refractivity contribution in [1.29, 1.82) is 0 Å². The fourth-order valence-corrected chi connectivity index (χ4v) is 13.9. The van der Waals surface area contributed by atoms with E-state index in [2.05, 4.69) is 228 Å². The molecule has 0 radical (unpaired) electrons. The van der Waals surface area contributed by atoms with E-state index >= 15 is 0 Å². The number of para-hydroxylation sites is 2. The molecule has 0 amide bonds. The van der Waals surface area contributed by atoms with Crippen molar-refractivity contribution in [1.82, 2.24) is 4.57 Å². The first-order valence-electron chi connectivity index (χ1n) is 24.2. The molecule has 5 aliphatic carbocycles. The summed E-state index contributed by atoms with van der Waals surface area (Å²) in [5, 5.41) is 2.47. The highest BCUT2D eigenvalue weighted by Gasteiger charge is 2.61. The number of benzene rings is 9. The Morgan fingerprint density at radius 2 is 0.864 bits per heavy atom. The van der Waals surface area contributed by atoms with E-state index in [1.165, 1.54) is 98.4 Å². The van der Waals surface area contributed by atoms with Crippen LogP contribution in [-0.4, -0.2) is 4.57 Å². The Morgan fingerprint density at radius 3 is 1.58 bits per heavy atom. The van der Waals surface area contributed by atoms with Crippen LogP contribution in [0.1, 0.15) is 43.2 Å². The summed E-state index contributed by atoms with van der Waals surface area (Å²) in [7, 11) is 0. The number of hydrogen-bond acceptors (Lipinski definition) is 1. The van der Waals surface area contributed by atoms with Crippen LogP contribution in [0.5, 0.6) is 0 Å². The number of hydrogen-bond donors (Lipinski definition) is 0. The Balaban J connectivity index is 0.866. The third-order valence-corrected chi connectivity index (χ3v) is 16.4. The average molecular weight is 847 g/mol. The molecule has 4 fully saturated rings. The van der Waals surface area contributed by atoms with Gasteiger partial charge in [0.15, 0.2) is 0 Å². The van der Waals surface area contributed by atoms with Crippen molar-refractivity contribution in [3.8, 4) is 50.2 Å². The minimum atomic E-state index is 0.185. The molecule has 1 spiro atoms. The normalized spacial score (nSPS) is 21.1. The second-order valence-electron chi connectivity index (χ2n) is 19.7. The maximum atomic E-state index is 2.56. The van der Waals surface area contributed by atoms with Gasteiger partial charge in [0.25, 0.3) is 0 Å². The molecule has 0 atom stereocenters. The van der Waals surface area contributed by atoms with Crippen molar-refractivity contribution in [3.05, 3.63) is 230 Å². The van der Waals surface area contributed by atoms with Crippen LogP contribution in [0.3, 0.4) is 0 Å². The van der Waals surface area contributed by atoms with Gasteiger partial charge < -0.3 is 9.47 Å². The predicted octanol–water partition coefficient (Wildman–Crippen LogP) is 17.0. The molecular weight excluding hydrogens is 797 g/mol. The Morgan fingerprint density at radius 1 is 0.348 bits per heavy atom. The average Bonchev–Trinajstić information content (AvgIpc) is 3.86. The van der Waals surface area contributed by atoms with Crippen LogP contribution in [0.2, 0.25) is 0 Å². The van der Waals surface area contributed by atoms with E-state index in [0.717, 1.165) is 46.4 Å². The van der Waals surface area contributed by atoms with Gasteiger partial charge in [-0.25, -0.2) is 0 Å². The highest BCUT2D eigenvalue weighted by molar-refractivity contribution is 6.10. The molecule has 15 rings (SSSR count). The smallest absolute Gasteiger partial charge is 0.0542 e. The predicted molar refractivity (Wildman–Crippen MR) is 275 cm³/mol. The second kappa shape index (κ2) is 14.8. The topological polar surface area (TPSA) is 8.17 Å². The quantitative estimate of drug-likeness (QED) is 0.155. The number of fused-ring (bicyclic) bond motifs is 6. The lowest BCUT2D eigenvalue weighted by atomic mass is 9.43. The molecule has 5 aliphatic rings. The molecule has 1 aromatic heterocycles. The summed E-state index contributed by atoms with van der Waals surface area (Å²) in [4.78, 5) is 2.41. The highest BCUT2D eigenvalue weighted by atomic mass is 15.1. The summed E-state index contributed by atoms with van der Waals surface area (Å²) in [5.74, 6) is 3.42. The van der Waals surface area contributed by atoms with Crippen LogP contribution in [0.4, 0.5) is 17.1 Å². The van der Waals surface area contributed by atoms with E-state index < -0.39 is 0 Å². The van der Waals surface area contributed by atoms with Gasteiger partial charge in [0.05, 0.1) is 11.0 Å². The molecule has 10 aromatic rings. The molecule has 316 valence electrons. The zero-order chi connectivity index (χ0) is 43.3. The van der Waals surface area contributed by atoms with Crippen LogP contribution in [0, 0.1) is 23.7 Å². The maximum Gasteiger partial charge on any atom is 0.0542 e. The lowest BCUT2D eigenvalue weighted by molar-refractivity contribution is -0.0399. The molecule has 66 heavy (non-hydrogen) atoms. The standard InChI is InChI=1S/C64H50N2/c1-3-13-44(14-4-1)45-23-28-51(29-24-45)65(53-32-34-63-59(41-53)57-20-10-12-22-62(57)66(63)50-15-5-2-6-16-50)52-30-25-46(26-31-52)54-17-7-8-18-55(54)47-27-33-61-58(40-47)56-19-9-11-21-60(56)64(61)48-36-42-35-43(38-48)39-49(64)37-42/h1-34,40-43,48-49H,35-39H2. The molecule has 0 aliphatic heterocycles. The maximum absolute atomic E-state index is 2.56. The minimum Gasteiger partial charge on any atom is -0.310 e. The summed E-state index contributed by atoms with van der Waals surface area (Å²) < 4.78 is 2.39. The molecule has 9 aromatic carbocycles. The van der Waals surface area contributed by atoms with Crippen LogP contribution >= 0.6 is 0 Å². The van der Waals surface area contributed by atoms with Crippen molar-refractivity contribution in [2.75, 3.05) is 4.90 Å². The van der Waals surface area contributed by atoms with E-state index in [0.29, 0.717) is 0 Å². The lowest BCUT2D eigenvalue weighted by Crippen LogP contribution is -2.55. The molecule has 4 saturated carbocycles. The summed E-state index contributed by atoms with van der Waals surface area (Å²) in [6.45, 7) is 0. The Hall–Kier alpha value is -7.42. The Kier molecular flexibility index (Phi) is 8.50. The zero-order valence-corrected chi connectivity index (χ0v) is 37.0. The van der Waals surface area contributed by atoms with Crippen molar-refractivity contribution >= 4 is 38.9 Å². The molecule has 1 heterocycles. The molecular formula is C64H50N2. The van der Waals surface area contributed by atoms with Crippen LogP contribution < -0.4 is 4.90 Å². The third kappa shape index (κ3) is 5.67. The lowest BCUT2D eigenvalue weighted by Gasteiger charge is -2.61. The molecule has 0 saturated heterocycles. The van der Waals surface area contributed by atoms with Gasteiger partial charge in [-0.1, -0.05) is 152 Å². The van der Waals surface area contributed by atoms with E-state index in [1.54, 1.807) is 11.1 Å². The van der Waals surface area contributed by atoms with Crippen LogP contribution in [-0.2, 0) is 5.41 Å². The van der Waals surface area contributed by atoms with Gasteiger partial charge in [0.1, 0.15) is 0 Å². The molecule has 0 N–H and O–H groups in total. The van der Waals surface area contributed by atoms with E-state index in [4.69, 9.17) is 0 Å². The second-order valence-corrected chi connectivity index (χ2v) is 19.7. The van der Waals surface area contributed by atoms with Gasteiger partial charge in [-0.2, -0.15) is 0 Å². The van der Waals surface area contributed by atoms with Crippen molar-refractivity contribution < 1.29 is 0 Å². The third-order valence-electron chi connectivity index (χ3n) is 16.4. The first-order chi connectivity index (χ1) is 32.7. The van der Waals surface area contributed by atoms with Gasteiger partial charge in [-0.3, -0.25) is 0 Å². The Labute approximate surface area is 387 Å². The molecule has 0 unspecified atom stereocenters. The van der Waals surface area contributed by atoms with E-state index in [1.807, 2.05) is 0 Å². The molecule has 2 heteroatoms. The number of aromatic nitrogens is 1. The largest absolute Gasteiger partial charge is 0.310 e. The fourth-order valence-electron chi connectivity index (χ4n) is 13.9. The summed E-state index contributed by atoms with van der Waals surface area (Å²) in [6.07, 6.45) is 7.11. The monoisotopic (exact) mass is 846 g/mol. The highest BCUT2D eigenvalue weighted by Crippen LogP contribution is 2.69. The van der Waals surface area contributed by atoms with Gasteiger partial charge in [0.2, 0.25) is 0 Å². The van der Waals surface area contributed by atoms with Crippen molar-refractivity contribution in [2.45, 2.75) is 37.5 Å². The van der Waals surface area contributed by atoms with Gasteiger partial charge in [-0.15, -0.1) is 0 Å². The minimum absolute atomic E-state index is 0.185. The van der Waals surface area contributed by atoms with Gasteiger partial charge in [-0.05, 0) is 178 Å². The van der Waals surface area contributed by atoms with Crippen LogP contribution in [0.15, 0.2) is 218 Å². The summed E-state index contributed by atoms with van der Waals surface area (Å²) in [6, 6.07) is 81.5. The SMILES string of the molecule is c1ccc(-c2ccc(N(c3ccc(-c4ccccc4-c4ccc5c(c4)-c4ccccc4C54C5CC6CC(C5)CC4C6)cc3)c3ccc4c(c3)c3ccccc3n4-c3ccccc3)cc2)cc1. The fraction of sp³-hybridized carbons (Fsp3) is 0.156.